The van der Waals surface area contributed by atoms with E-state index in [9.17, 15) is 0 Å². The van der Waals surface area contributed by atoms with Gasteiger partial charge in [0.2, 0.25) is 6.33 Å². The van der Waals surface area contributed by atoms with Crippen molar-refractivity contribution < 1.29 is 4.57 Å². The number of nitrogens with zero attached hydrogens (tertiary/aromatic N) is 3. The maximum absolute atomic E-state index is 2.52. The van der Waals surface area contributed by atoms with Crippen molar-refractivity contribution in [3.63, 3.8) is 0 Å². The van der Waals surface area contributed by atoms with E-state index in [1.54, 1.807) is 0 Å². The minimum Gasteiger partial charge on any atom is -0.340 e. The molecule has 4 rings (SSSR count). The highest BCUT2D eigenvalue weighted by atomic mass is 15.1. The lowest BCUT2D eigenvalue weighted by atomic mass is 10.1. The van der Waals surface area contributed by atoms with E-state index in [-0.39, 0.29) is 0 Å². The van der Waals surface area contributed by atoms with Gasteiger partial charge in [-0.15, -0.1) is 0 Å². The Morgan fingerprint density at radius 3 is 1.72 bits per heavy atom. The SMILES string of the molecule is C[n+]1ccn(CCCCCCCCCCn2c3ccccc3c3ccccc32)c1. The van der Waals surface area contributed by atoms with Gasteiger partial charge in [0.05, 0.1) is 13.6 Å². The first-order valence-corrected chi connectivity index (χ1v) is 11.3. The molecule has 4 aromatic rings. The highest BCUT2D eigenvalue weighted by Crippen LogP contribution is 2.29. The fourth-order valence-corrected chi connectivity index (χ4v) is 4.50. The van der Waals surface area contributed by atoms with Crippen LogP contribution in [0.15, 0.2) is 67.3 Å². The zero-order valence-corrected chi connectivity index (χ0v) is 17.8. The van der Waals surface area contributed by atoms with Crippen LogP contribution in [0.25, 0.3) is 21.8 Å². The summed E-state index contributed by atoms with van der Waals surface area (Å²) in [7, 11) is 2.08. The van der Waals surface area contributed by atoms with E-state index in [1.165, 1.54) is 73.2 Å². The van der Waals surface area contributed by atoms with E-state index in [4.69, 9.17) is 0 Å². The largest absolute Gasteiger partial charge is 0.340 e. The minimum atomic E-state index is 1.13. The Balaban J connectivity index is 1.15. The summed E-state index contributed by atoms with van der Waals surface area (Å²) in [6.07, 6.45) is 17.2. The number of aryl methyl sites for hydroxylation is 3. The van der Waals surface area contributed by atoms with Crippen LogP contribution in [-0.2, 0) is 20.1 Å². The van der Waals surface area contributed by atoms with Crippen molar-refractivity contribution in [2.45, 2.75) is 64.5 Å². The van der Waals surface area contributed by atoms with E-state index in [1.807, 2.05) is 0 Å². The lowest BCUT2D eigenvalue weighted by Gasteiger charge is -2.07. The zero-order chi connectivity index (χ0) is 19.9. The summed E-state index contributed by atoms with van der Waals surface area (Å²) in [5, 5.41) is 2.77. The molecule has 0 aliphatic carbocycles. The molecule has 0 aliphatic rings. The molecule has 3 heteroatoms. The fourth-order valence-electron chi connectivity index (χ4n) is 4.50. The molecule has 0 spiro atoms. The quantitative estimate of drug-likeness (QED) is 0.213. The number of hydrogen-bond acceptors (Lipinski definition) is 0. The van der Waals surface area contributed by atoms with Gasteiger partial charge in [-0.25, -0.2) is 9.13 Å². The number of benzene rings is 2. The zero-order valence-electron chi connectivity index (χ0n) is 17.8. The van der Waals surface area contributed by atoms with Crippen LogP contribution >= 0.6 is 0 Å². The van der Waals surface area contributed by atoms with Crippen LogP contribution in [0.1, 0.15) is 51.4 Å². The summed E-state index contributed by atoms with van der Waals surface area (Å²) in [4.78, 5) is 0. The van der Waals surface area contributed by atoms with Gasteiger partial charge in [-0.3, -0.25) is 0 Å². The normalized spacial score (nSPS) is 11.6. The molecule has 0 unspecified atom stereocenters. The summed E-state index contributed by atoms with van der Waals surface area (Å²) in [6, 6.07) is 17.7. The maximum atomic E-state index is 2.52. The highest BCUT2D eigenvalue weighted by Gasteiger charge is 2.08. The Kier molecular flexibility index (Phi) is 6.66. The number of unbranched alkanes of at least 4 members (excludes halogenated alkanes) is 7. The molecular formula is C26H34N3+. The minimum absolute atomic E-state index is 1.13. The Morgan fingerprint density at radius 2 is 1.17 bits per heavy atom. The second-order valence-corrected chi connectivity index (χ2v) is 8.33. The van der Waals surface area contributed by atoms with Crippen LogP contribution in [0.4, 0.5) is 0 Å². The molecule has 2 aromatic heterocycles. The predicted octanol–water partition coefficient (Wildman–Crippen LogP) is 6.24. The van der Waals surface area contributed by atoms with Crippen LogP contribution in [0.2, 0.25) is 0 Å². The summed E-state index contributed by atoms with van der Waals surface area (Å²) in [5.74, 6) is 0. The molecule has 3 nitrogen and oxygen atoms in total. The van der Waals surface area contributed by atoms with Crippen LogP contribution in [0.5, 0.6) is 0 Å². The van der Waals surface area contributed by atoms with Crippen molar-refractivity contribution >= 4 is 21.8 Å². The molecule has 0 saturated heterocycles. The van der Waals surface area contributed by atoms with E-state index in [0.29, 0.717) is 0 Å². The standard InChI is InChI=1S/C26H34N3/c1-27-20-21-28(22-27)18-12-6-4-2-3-5-7-13-19-29-25-16-10-8-14-23(25)24-15-9-11-17-26(24)29/h8-11,14-17,20-22H,2-7,12-13,18-19H2,1H3/q+1. The van der Waals surface area contributed by atoms with Gasteiger partial charge in [0, 0.05) is 28.4 Å². The van der Waals surface area contributed by atoms with Gasteiger partial charge in [-0.2, -0.15) is 0 Å². The van der Waals surface area contributed by atoms with Crippen LogP contribution in [-0.4, -0.2) is 9.13 Å². The smallest absolute Gasteiger partial charge is 0.243 e. The third-order valence-electron chi connectivity index (χ3n) is 6.05. The van der Waals surface area contributed by atoms with E-state index in [0.717, 1.165) is 13.1 Å². The van der Waals surface area contributed by atoms with Crippen molar-refractivity contribution in [1.82, 2.24) is 9.13 Å². The average Bonchev–Trinajstić information content (AvgIpc) is 3.31. The molecule has 0 atom stereocenters. The first-order valence-electron chi connectivity index (χ1n) is 11.3. The Morgan fingerprint density at radius 1 is 0.655 bits per heavy atom. The number of para-hydroxylation sites is 2. The molecule has 0 amide bonds. The Bertz CT molecular complexity index is 987. The summed E-state index contributed by atoms with van der Waals surface area (Å²) >= 11 is 0. The van der Waals surface area contributed by atoms with Gasteiger partial charge in [-0.05, 0) is 31.4 Å². The van der Waals surface area contributed by atoms with Crippen LogP contribution in [0.3, 0.4) is 0 Å². The molecule has 2 aromatic carbocycles. The molecule has 152 valence electrons. The second kappa shape index (κ2) is 9.78. The molecule has 0 aliphatic heterocycles. The molecule has 29 heavy (non-hydrogen) atoms. The summed E-state index contributed by atoms with van der Waals surface area (Å²) in [6.45, 7) is 2.28. The highest BCUT2D eigenvalue weighted by molar-refractivity contribution is 6.07. The van der Waals surface area contributed by atoms with Gasteiger partial charge in [-0.1, -0.05) is 68.5 Å². The van der Waals surface area contributed by atoms with Crippen molar-refractivity contribution in [1.29, 1.82) is 0 Å². The number of fused-ring (bicyclic) bond motifs is 3. The lowest BCUT2D eigenvalue weighted by Crippen LogP contribution is -2.23. The molecule has 0 N–H and O–H groups in total. The number of imidazole rings is 1. The van der Waals surface area contributed by atoms with Crippen molar-refractivity contribution in [3.8, 4) is 0 Å². The molecular weight excluding hydrogens is 354 g/mol. The van der Waals surface area contributed by atoms with Crippen LogP contribution in [0, 0.1) is 0 Å². The first kappa shape index (κ1) is 19.8. The van der Waals surface area contributed by atoms with Gasteiger partial charge in [0.1, 0.15) is 12.4 Å². The molecule has 0 fully saturated rings. The molecule has 0 bridgehead atoms. The third kappa shape index (κ3) is 4.90. The number of rotatable bonds is 11. The van der Waals surface area contributed by atoms with Crippen molar-refractivity contribution in [2.24, 2.45) is 7.05 Å². The fraction of sp³-hybridized carbons (Fsp3) is 0.423. The van der Waals surface area contributed by atoms with Gasteiger partial charge >= 0.3 is 0 Å². The van der Waals surface area contributed by atoms with Gasteiger partial charge in [0.15, 0.2) is 0 Å². The predicted molar refractivity (Wildman–Crippen MR) is 122 cm³/mol. The summed E-state index contributed by atoms with van der Waals surface area (Å²) in [5.41, 5.74) is 2.76. The van der Waals surface area contributed by atoms with Gasteiger partial charge < -0.3 is 4.57 Å². The monoisotopic (exact) mass is 388 g/mol. The lowest BCUT2D eigenvalue weighted by molar-refractivity contribution is -0.671. The third-order valence-corrected chi connectivity index (χ3v) is 6.05. The van der Waals surface area contributed by atoms with E-state index < -0.39 is 0 Å². The second-order valence-electron chi connectivity index (χ2n) is 8.33. The first-order chi connectivity index (χ1) is 14.3. The topological polar surface area (TPSA) is 13.7 Å². The molecule has 0 saturated carbocycles. The van der Waals surface area contributed by atoms with Gasteiger partial charge in [0.25, 0.3) is 0 Å². The summed E-state index contributed by atoms with van der Waals surface area (Å²) < 4.78 is 6.92. The average molecular weight is 389 g/mol. The number of hydrogen-bond donors (Lipinski definition) is 0. The van der Waals surface area contributed by atoms with Crippen molar-refractivity contribution in [3.05, 3.63) is 67.3 Å². The van der Waals surface area contributed by atoms with E-state index in [2.05, 4.69) is 88.0 Å². The Labute approximate surface area is 174 Å². The molecule has 0 radical (unpaired) electrons. The van der Waals surface area contributed by atoms with Crippen molar-refractivity contribution in [2.75, 3.05) is 0 Å². The van der Waals surface area contributed by atoms with E-state index >= 15 is 0 Å². The Hall–Kier alpha value is -2.55. The molecule has 2 heterocycles. The number of aromatic nitrogens is 3. The maximum Gasteiger partial charge on any atom is 0.243 e. The van der Waals surface area contributed by atoms with Crippen LogP contribution < -0.4 is 4.57 Å².